The van der Waals surface area contributed by atoms with Crippen LogP contribution in [-0.2, 0) is 21.2 Å². The number of carbonyl (C=O) groups is 1. The van der Waals surface area contributed by atoms with Crippen LogP contribution in [0.25, 0.3) is 0 Å². The third-order valence-electron chi connectivity index (χ3n) is 3.01. The first kappa shape index (κ1) is 16.7. The molecule has 5 nitrogen and oxygen atoms in total. The number of rotatable bonds is 9. The van der Waals surface area contributed by atoms with Gasteiger partial charge in [0.15, 0.2) is 0 Å². The van der Waals surface area contributed by atoms with Crippen LogP contribution in [0.1, 0.15) is 25.3 Å². The summed E-state index contributed by atoms with van der Waals surface area (Å²) in [4.78, 5) is 10.4. The van der Waals surface area contributed by atoms with E-state index in [4.69, 9.17) is 5.11 Å². The van der Waals surface area contributed by atoms with Crippen molar-refractivity contribution in [3.8, 4) is 0 Å². The lowest BCUT2D eigenvalue weighted by atomic mass is 10.1. The topological polar surface area (TPSA) is 83.5 Å². The SMILES string of the molecule is CC(CCC(=O)O)CNS(=O)(=O)CCc1ccccc1. The Bertz CT molecular complexity index is 513. The van der Waals surface area contributed by atoms with E-state index < -0.39 is 16.0 Å². The first-order chi connectivity index (χ1) is 9.39. The van der Waals surface area contributed by atoms with Crippen molar-refractivity contribution in [3.05, 3.63) is 35.9 Å². The minimum atomic E-state index is -3.31. The molecule has 0 heterocycles. The molecule has 0 saturated heterocycles. The molecule has 1 atom stereocenters. The number of aryl methyl sites for hydroxylation is 1. The fourth-order valence-corrected chi connectivity index (χ4v) is 2.90. The van der Waals surface area contributed by atoms with Crippen molar-refractivity contribution < 1.29 is 18.3 Å². The van der Waals surface area contributed by atoms with Gasteiger partial charge in [0, 0.05) is 13.0 Å². The van der Waals surface area contributed by atoms with Gasteiger partial charge in [-0.05, 0) is 24.3 Å². The quantitative estimate of drug-likeness (QED) is 0.726. The van der Waals surface area contributed by atoms with Crippen molar-refractivity contribution in [1.82, 2.24) is 4.72 Å². The number of hydrogen-bond acceptors (Lipinski definition) is 3. The zero-order chi connectivity index (χ0) is 15.0. The van der Waals surface area contributed by atoms with Crippen LogP contribution >= 0.6 is 0 Å². The highest BCUT2D eigenvalue weighted by Gasteiger charge is 2.13. The van der Waals surface area contributed by atoms with Crippen LogP contribution in [0.3, 0.4) is 0 Å². The Morgan fingerprint density at radius 2 is 1.95 bits per heavy atom. The molecule has 0 aliphatic rings. The summed E-state index contributed by atoms with van der Waals surface area (Å²) in [5.74, 6) is -0.802. The van der Waals surface area contributed by atoms with Gasteiger partial charge in [0.2, 0.25) is 10.0 Å². The third-order valence-corrected chi connectivity index (χ3v) is 4.35. The van der Waals surface area contributed by atoms with E-state index in [9.17, 15) is 13.2 Å². The maximum Gasteiger partial charge on any atom is 0.303 e. The molecule has 1 unspecified atom stereocenters. The van der Waals surface area contributed by atoms with E-state index in [0.717, 1.165) is 5.56 Å². The number of hydrogen-bond donors (Lipinski definition) is 2. The zero-order valence-electron chi connectivity index (χ0n) is 11.6. The number of carboxylic acids is 1. The highest BCUT2D eigenvalue weighted by Crippen LogP contribution is 2.06. The lowest BCUT2D eigenvalue weighted by molar-refractivity contribution is -0.137. The van der Waals surface area contributed by atoms with E-state index in [0.29, 0.717) is 12.8 Å². The molecule has 20 heavy (non-hydrogen) atoms. The summed E-state index contributed by atoms with van der Waals surface area (Å²) < 4.78 is 26.2. The predicted molar refractivity (Wildman–Crippen MR) is 78.0 cm³/mol. The Labute approximate surface area is 120 Å². The number of benzene rings is 1. The average molecular weight is 299 g/mol. The van der Waals surface area contributed by atoms with Crippen LogP contribution in [0.5, 0.6) is 0 Å². The molecule has 0 spiro atoms. The van der Waals surface area contributed by atoms with Gasteiger partial charge in [-0.3, -0.25) is 4.79 Å². The molecule has 0 saturated carbocycles. The van der Waals surface area contributed by atoms with Gasteiger partial charge in [-0.1, -0.05) is 37.3 Å². The number of sulfonamides is 1. The van der Waals surface area contributed by atoms with Gasteiger partial charge < -0.3 is 5.11 Å². The lowest BCUT2D eigenvalue weighted by Crippen LogP contribution is -2.31. The summed E-state index contributed by atoms with van der Waals surface area (Å²) >= 11 is 0. The van der Waals surface area contributed by atoms with Crippen LogP contribution in [0, 0.1) is 5.92 Å². The van der Waals surface area contributed by atoms with Gasteiger partial charge in [-0.25, -0.2) is 13.1 Å². The number of nitrogens with one attached hydrogen (secondary N) is 1. The lowest BCUT2D eigenvalue weighted by Gasteiger charge is -2.12. The standard InChI is InChI=1S/C14H21NO4S/c1-12(7-8-14(16)17)11-15-20(18,19)10-9-13-5-3-2-4-6-13/h2-6,12,15H,7-11H2,1H3,(H,16,17). The Hall–Kier alpha value is -1.40. The molecule has 1 aromatic rings. The van der Waals surface area contributed by atoms with E-state index in [1.165, 1.54) is 0 Å². The summed E-state index contributed by atoms with van der Waals surface area (Å²) in [5.41, 5.74) is 0.983. The van der Waals surface area contributed by atoms with Crippen LogP contribution in [0.2, 0.25) is 0 Å². The first-order valence-corrected chi connectivity index (χ1v) is 8.27. The van der Waals surface area contributed by atoms with Gasteiger partial charge in [-0.2, -0.15) is 0 Å². The van der Waals surface area contributed by atoms with Gasteiger partial charge in [0.25, 0.3) is 0 Å². The predicted octanol–water partition coefficient (Wildman–Crippen LogP) is 1.65. The summed E-state index contributed by atoms with van der Waals surface area (Å²) in [6.45, 7) is 2.12. The molecule has 0 aliphatic heterocycles. The van der Waals surface area contributed by atoms with Crippen molar-refractivity contribution in [2.24, 2.45) is 5.92 Å². The van der Waals surface area contributed by atoms with Gasteiger partial charge >= 0.3 is 5.97 Å². The van der Waals surface area contributed by atoms with Crippen LogP contribution < -0.4 is 4.72 Å². The molecule has 0 bridgehead atoms. The minimum absolute atomic E-state index is 0.0117. The zero-order valence-corrected chi connectivity index (χ0v) is 12.4. The maximum absolute atomic E-state index is 11.8. The second-order valence-electron chi connectivity index (χ2n) is 4.94. The van der Waals surface area contributed by atoms with E-state index >= 15 is 0 Å². The summed E-state index contributed by atoms with van der Waals surface area (Å²) in [6, 6.07) is 9.43. The third kappa shape index (κ3) is 7.25. The van der Waals surface area contributed by atoms with Gasteiger partial charge in [0.05, 0.1) is 5.75 Å². The maximum atomic E-state index is 11.8. The fourth-order valence-electron chi connectivity index (χ4n) is 1.71. The molecule has 2 N–H and O–H groups in total. The Morgan fingerprint density at radius 1 is 1.30 bits per heavy atom. The monoisotopic (exact) mass is 299 g/mol. The highest BCUT2D eigenvalue weighted by atomic mass is 32.2. The normalized spacial score (nSPS) is 13.1. The van der Waals surface area contributed by atoms with E-state index in [1.807, 2.05) is 37.3 Å². The molecule has 0 radical (unpaired) electrons. The van der Waals surface area contributed by atoms with Gasteiger partial charge in [-0.15, -0.1) is 0 Å². The minimum Gasteiger partial charge on any atom is -0.481 e. The molecule has 0 aromatic heterocycles. The first-order valence-electron chi connectivity index (χ1n) is 6.62. The highest BCUT2D eigenvalue weighted by molar-refractivity contribution is 7.89. The molecule has 0 aliphatic carbocycles. The molecular weight excluding hydrogens is 278 g/mol. The van der Waals surface area contributed by atoms with Crippen LogP contribution in [-0.4, -0.2) is 31.8 Å². The Balaban J connectivity index is 2.32. The fraction of sp³-hybridized carbons (Fsp3) is 0.500. The van der Waals surface area contributed by atoms with Crippen molar-refractivity contribution in [2.45, 2.75) is 26.2 Å². The van der Waals surface area contributed by atoms with Crippen LogP contribution in [0.4, 0.5) is 0 Å². The number of carboxylic acid groups (broad SMARTS) is 1. The van der Waals surface area contributed by atoms with E-state index in [-0.39, 0.29) is 24.6 Å². The molecular formula is C14H21NO4S. The van der Waals surface area contributed by atoms with Crippen molar-refractivity contribution in [3.63, 3.8) is 0 Å². The molecule has 0 fully saturated rings. The summed E-state index contributed by atoms with van der Waals surface area (Å²) in [6.07, 6.45) is 1.00. The second-order valence-corrected chi connectivity index (χ2v) is 6.87. The van der Waals surface area contributed by atoms with E-state index in [2.05, 4.69) is 4.72 Å². The van der Waals surface area contributed by atoms with Crippen molar-refractivity contribution in [1.29, 1.82) is 0 Å². The van der Waals surface area contributed by atoms with Crippen LogP contribution in [0.15, 0.2) is 30.3 Å². The summed E-state index contributed by atoms with van der Waals surface area (Å²) in [5, 5.41) is 8.56. The average Bonchev–Trinajstić information content (AvgIpc) is 2.42. The molecule has 1 aromatic carbocycles. The largest absolute Gasteiger partial charge is 0.481 e. The molecule has 112 valence electrons. The van der Waals surface area contributed by atoms with E-state index in [1.54, 1.807) is 0 Å². The second kappa shape index (κ2) is 8.01. The molecule has 0 amide bonds. The van der Waals surface area contributed by atoms with Gasteiger partial charge in [0.1, 0.15) is 0 Å². The summed E-state index contributed by atoms with van der Waals surface area (Å²) in [7, 11) is -3.31. The smallest absolute Gasteiger partial charge is 0.303 e. The van der Waals surface area contributed by atoms with Crippen molar-refractivity contribution in [2.75, 3.05) is 12.3 Å². The van der Waals surface area contributed by atoms with Crippen molar-refractivity contribution >= 4 is 16.0 Å². The molecule has 6 heteroatoms. The number of aliphatic carboxylic acids is 1. The molecule has 1 rings (SSSR count). The Morgan fingerprint density at radius 3 is 2.55 bits per heavy atom. The Kier molecular flexibility index (Phi) is 6.67.